The van der Waals surface area contributed by atoms with Crippen molar-refractivity contribution in [2.24, 2.45) is 0 Å². The van der Waals surface area contributed by atoms with Crippen molar-refractivity contribution in [3.8, 4) is 22.6 Å². The zero-order valence-electron chi connectivity index (χ0n) is 18.8. The number of hydrogen-bond donors (Lipinski definition) is 0. The minimum Gasteiger partial charge on any atom is -0.415 e. The number of rotatable bonds is 5. The standard InChI is InChI=1S/C25H19F2N5O3/c1-25(2)19-6-4-15(14-7-9-28-10-8-14)11-18(19)23(33)32(24(25)34)13-17-5-3-16(12-29-17)21-30-31-22(35-21)20(26)27/h3-12,20H,13H2,1-2H3. The van der Waals surface area contributed by atoms with E-state index in [2.05, 4.69) is 20.2 Å². The van der Waals surface area contributed by atoms with Crippen LogP contribution in [0.2, 0.25) is 0 Å². The van der Waals surface area contributed by atoms with E-state index < -0.39 is 23.6 Å². The largest absolute Gasteiger partial charge is 0.415 e. The molecule has 176 valence electrons. The SMILES string of the molecule is CC1(C)C(=O)N(Cc2ccc(-c3nnc(C(F)F)o3)cn2)C(=O)c2cc(-c3ccncc3)ccc21. The Hall–Kier alpha value is -4.34. The molecule has 4 aromatic rings. The second kappa shape index (κ2) is 8.46. The first-order valence-corrected chi connectivity index (χ1v) is 10.7. The van der Waals surface area contributed by atoms with Gasteiger partial charge in [-0.05, 0) is 60.9 Å². The van der Waals surface area contributed by atoms with Gasteiger partial charge in [0.2, 0.25) is 11.8 Å². The van der Waals surface area contributed by atoms with E-state index in [0.29, 0.717) is 22.4 Å². The summed E-state index contributed by atoms with van der Waals surface area (Å²) in [5.41, 5.74) is 2.72. The van der Waals surface area contributed by atoms with E-state index >= 15 is 0 Å². The van der Waals surface area contributed by atoms with Gasteiger partial charge in [0.15, 0.2) is 0 Å². The number of benzene rings is 1. The molecule has 0 bridgehead atoms. The average molecular weight is 475 g/mol. The molecule has 0 saturated carbocycles. The van der Waals surface area contributed by atoms with E-state index in [1.807, 2.05) is 24.3 Å². The van der Waals surface area contributed by atoms with Crippen molar-refractivity contribution < 1.29 is 22.8 Å². The number of imide groups is 1. The molecule has 0 saturated heterocycles. The molecular formula is C25H19F2N5O3. The smallest absolute Gasteiger partial charge is 0.314 e. The fraction of sp³-hybridized carbons (Fsp3) is 0.200. The Bertz CT molecular complexity index is 1420. The Kier molecular flexibility index (Phi) is 5.43. The molecule has 1 aliphatic rings. The van der Waals surface area contributed by atoms with Crippen LogP contribution in [0.5, 0.6) is 0 Å². The summed E-state index contributed by atoms with van der Waals surface area (Å²) in [6.45, 7) is 3.52. The fourth-order valence-corrected chi connectivity index (χ4v) is 4.07. The van der Waals surface area contributed by atoms with Gasteiger partial charge in [-0.2, -0.15) is 8.78 Å². The van der Waals surface area contributed by atoms with Crippen molar-refractivity contribution in [2.45, 2.75) is 32.2 Å². The Labute approximate surface area is 198 Å². The van der Waals surface area contributed by atoms with Crippen LogP contribution in [0.3, 0.4) is 0 Å². The number of pyridine rings is 2. The molecule has 5 rings (SSSR count). The first kappa shape index (κ1) is 22.5. The summed E-state index contributed by atoms with van der Waals surface area (Å²) in [5, 5.41) is 6.89. The molecule has 0 unspecified atom stereocenters. The lowest BCUT2D eigenvalue weighted by molar-refractivity contribution is -0.134. The van der Waals surface area contributed by atoms with Crippen LogP contribution in [0.4, 0.5) is 8.78 Å². The van der Waals surface area contributed by atoms with Gasteiger partial charge in [-0.1, -0.05) is 12.1 Å². The molecule has 1 aliphatic heterocycles. The van der Waals surface area contributed by atoms with Gasteiger partial charge in [0.05, 0.1) is 23.2 Å². The van der Waals surface area contributed by atoms with Crippen LogP contribution in [-0.4, -0.2) is 36.9 Å². The van der Waals surface area contributed by atoms with Gasteiger partial charge in [0, 0.05) is 24.2 Å². The average Bonchev–Trinajstić information content (AvgIpc) is 3.37. The van der Waals surface area contributed by atoms with Crippen LogP contribution >= 0.6 is 0 Å². The zero-order chi connectivity index (χ0) is 24.7. The van der Waals surface area contributed by atoms with Gasteiger partial charge in [0.1, 0.15) is 0 Å². The van der Waals surface area contributed by atoms with Crippen LogP contribution in [0, 0.1) is 0 Å². The van der Waals surface area contributed by atoms with E-state index in [1.165, 1.54) is 11.1 Å². The summed E-state index contributed by atoms with van der Waals surface area (Å²) in [6, 6.07) is 12.3. The van der Waals surface area contributed by atoms with Crippen LogP contribution in [0.15, 0.2) is 65.5 Å². The lowest BCUT2D eigenvalue weighted by Crippen LogP contribution is -2.51. The predicted molar refractivity (Wildman–Crippen MR) is 120 cm³/mol. The van der Waals surface area contributed by atoms with Crippen molar-refractivity contribution in [2.75, 3.05) is 0 Å². The molecule has 0 aliphatic carbocycles. The van der Waals surface area contributed by atoms with Gasteiger partial charge in [-0.3, -0.25) is 24.5 Å². The highest BCUT2D eigenvalue weighted by atomic mass is 19.3. The van der Waals surface area contributed by atoms with Gasteiger partial charge >= 0.3 is 6.43 Å². The Morgan fingerprint density at radius 3 is 2.37 bits per heavy atom. The quantitative estimate of drug-likeness (QED) is 0.389. The Morgan fingerprint density at radius 2 is 1.71 bits per heavy atom. The molecule has 2 amide bonds. The van der Waals surface area contributed by atoms with Crippen molar-refractivity contribution in [3.05, 3.63) is 83.8 Å². The molecule has 0 fully saturated rings. The van der Waals surface area contributed by atoms with Crippen molar-refractivity contribution in [1.82, 2.24) is 25.1 Å². The number of hydrogen-bond acceptors (Lipinski definition) is 7. The van der Waals surface area contributed by atoms with E-state index in [-0.39, 0.29) is 18.3 Å². The summed E-state index contributed by atoms with van der Waals surface area (Å²) in [4.78, 5) is 36.2. The van der Waals surface area contributed by atoms with E-state index in [4.69, 9.17) is 4.42 Å². The Morgan fingerprint density at radius 1 is 0.971 bits per heavy atom. The molecule has 0 radical (unpaired) electrons. The maximum atomic E-state index is 13.4. The number of nitrogens with zero attached hydrogens (tertiary/aromatic N) is 5. The summed E-state index contributed by atoms with van der Waals surface area (Å²) in [7, 11) is 0. The number of carbonyl (C=O) groups is 2. The number of halogens is 2. The summed E-state index contributed by atoms with van der Waals surface area (Å²) >= 11 is 0. The number of alkyl halides is 2. The van der Waals surface area contributed by atoms with Gasteiger partial charge < -0.3 is 4.42 Å². The second-order valence-corrected chi connectivity index (χ2v) is 8.60. The van der Waals surface area contributed by atoms with Gasteiger partial charge in [-0.25, -0.2) is 0 Å². The number of aromatic nitrogens is 4. The van der Waals surface area contributed by atoms with E-state index in [1.54, 1.807) is 44.4 Å². The maximum absolute atomic E-state index is 13.4. The topological polar surface area (TPSA) is 102 Å². The molecule has 3 aromatic heterocycles. The molecule has 10 heteroatoms. The molecule has 4 heterocycles. The highest BCUT2D eigenvalue weighted by Crippen LogP contribution is 2.37. The number of amides is 2. The lowest BCUT2D eigenvalue weighted by atomic mass is 9.76. The molecule has 0 N–H and O–H groups in total. The zero-order valence-corrected chi connectivity index (χ0v) is 18.8. The van der Waals surface area contributed by atoms with Crippen LogP contribution in [0.25, 0.3) is 22.6 Å². The van der Waals surface area contributed by atoms with Crippen molar-refractivity contribution >= 4 is 11.8 Å². The first-order valence-electron chi connectivity index (χ1n) is 10.7. The number of carbonyl (C=O) groups excluding carboxylic acids is 2. The predicted octanol–water partition coefficient (Wildman–Crippen LogP) is 4.59. The normalized spacial score (nSPS) is 14.9. The van der Waals surface area contributed by atoms with Crippen LogP contribution in [0.1, 0.15) is 47.8 Å². The second-order valence-electron chi connectivity index (χ2n) is 8.60. The van der Waals surface area contributed by atoms with E-state index in [9.17, 15) is 18.4 Å². The molecule has 1 aromatic carbocycles. The lowest BCUT2D eigenvalue weighted by Gasteiger charge is -2.37. The van der Waals surface area contributed by atoms with Gasteiger partial charge in [0.25, 0.3) is 11.8 Å². The molecule has 0 atom stereocenters. The summed E-state index contributed by atoms with van der Waals surface area (Å²) in [6.07, 6.45) is 1.85. The highest BCUT2D eigenvalue weighted by Gasteiger charge is 2.44. The molecule has 35 heavy (non-hydrogen) atoms. The third-order valence-electron chi connectivity index (χ3n) is 5.98. The third-order valence-corrected chi connectivity index (χ3v) is 5.98. The van der Waals surface area contributed by atoms with Crippen molar-refractivity contribution in [1.29, 1.82) is 0 Å². The monoisotopic (exact) mass is 475 g/mol. The maximum Gasteiger partial charge on any atom is 0.314 e. The third kappa shape index (κ3) is 3.96. The van der Waals surface area contributed by atoms with Crippen LogP contribution < -0.4 is 0 Å². The molecular weight excluding hydrogens is 456 g/mol. The number of fused-ring (bicyclic) bond motifs is 1. The highest BCUT2D eigenvalue weighted by molar-refractivity contribution is 6.13. The molecule has 8 nitrogen and oxygen atoms in total. The van der Waals surface area contributed by atoms with E-state index in [0.717, 1.165) is 11.1 Å². The minimum atomic E-state index is -2.87. The fourth-order valence-electron chi connectivity index (χ4n) is 4.07. The van der Waals surface area contributed by atoms with Crippen LogP contribution in [-0.2, 0) is 16.8 Å². The molecule has 0 spiro atoms. The minimum absolute atomic E-state index is 0.0492. The summed E-state index contributed by atoms with van der Waals surface area (Å²) < 4.78 is 30.3. The summed E-state index contributed by atoms with van der Waals surface area (Å²) in [5.74, 6) is -1.62. The van der Waals surface area contributed by atoms with Crippen molar-refractivity contribution in [3.63, 3.8) is 0 Å². The first-order chi connectivity index (χ1) is 16.8. The van der Waals surface area contributed by atoms with Gasteiger partial charge in [-0.15, -0.1) is 10.2 Å². The Balaban J connectivity index is 1.44.